The monoisotopic (exact) mass is 141 g/mol. The van der Waals surface area contributed by atoms with E-state index in [0.29, 0.717) is 11.5 Å². The zero-order chi connectivity index (χ0) is 7.78. The number of nitrogens with two attached hydrogens (primary N) is 1. The zero-order valence-electron chi connectivity index (χ0n) is 7.35. The van der Waals surface area contributed by atoms with Gasteiger partial charge in [-0.1, -0.05) is 27.2 Å². The minimum absolute atomic E-state index is 0.427. The number of hydrogen-bond acceptors (Lipinski definition) is 1. The summed E-state index contributed by atoms with van der Waals surface area (Å²) >= 11 is 0. The van der Waals surface area contributed by atoms with Gasteiger partial charge >= 0.3 is 0 Å². The SMILES string of the molecule is CC(C)(C)[C@@H]1CCC[C@@H]1N. The van der Waals surface area contributed by atoms with E-state index < -0.39 is 0 Å². The maximum Gasteiger partial charge on any atom is 0.00721 e. The van der Waals surface area contributed by atoms with Gasteiger partial charge in [0, 0.05) is 6.04 Å². The van der Waals surface area contributed by atoms with Crippen molar-refractivity contribution >= 4 is 0 Å². The van der Waals surface area contributed by atoms with E-state index in [4.69, 9.17) is 5.73 Å². The molecule has 0 unspecified atom stereocenters. The molecule has 1 fully saturated rings. The molecule has 1 rings (SSSR count). The Morgan fingerprint density at radius 1 is 1.20 bits per heavy atom. The van der Waals surface area contributed by atoms with Crippen LogP contribution in [0.5, 0.6) is 0 Å². The van der Waals surface area contributed by atoms with Crippen molar-refractivity contribution in [2.24, 2.45) is 17.1 Å². The van der Waals surface area contributed by atoms with Crippen molar-refractivity contribution in [3.05, 3.63) is 0 Å². The van der Waals surface area contributed by atoms with E-state index in [1.54, 1.807) is 0 Å². The van der Waals surface area contributed by atoms with Crippen LogP contribution in [0.3, 0.4) is 0 Å². The first-order valence-corrected chi connectivity index (χ1v) is 4.27. The molecule has 0 aromatic rings. The maximum atomic E-state index is 5.97. The van der Waals surface area contributed by atoms with Gasteiger partial charge in [-0.2, -0.15) is 0 Å². The molecule has 0 radical (unpaired) electrons. The van der Waals surface area contributed by atoms with Gasteiger partial charge < -0.3 is 5.73 Å². The summed E-state index contributed by atoms with van der Waals surface area (Å²) in [5, 5.41) is 0. The Hall–Kier alpha value is -0.0400. The largest absolute Gasteiger partial charge is 0.327 e. The van der Waals surface area contributed by atoms with E-state index in [1.165, 1.54) is 19.3 Å². The third kappa shape index (κ3) is 1.51. The zero-order valence-corrected chi connectivity index (χ0v) is 7.35. The fourth-order valence-corrected chi connectivity index (χ4v) is 2.06. The standard InChI is InChI=1S/C9H19N/c1-9(2,3)7-5-4-6-8(7)10/h7-8H,4-6,10H2,1-3H3/t7-,8+/m1/s1. The van der Waals surface area contributed by atoms with Crippen LogP contribution in [0, 0.1) is 11.3 Å². The van der Waals surface area contributed by atoms with E-state index in [1.807, 2.05) is 0 Å². The molecule has 0 heterocycles. The van der Waals surface area contributed by atoms with Crippen molar-refractivity contribution < 1.29 is 0 Å². The summed E-state index contributed by atoms with van der Waals surface area (Å²) in [4.78, 5) is 0. The Morgan fingerprint density at radius 3 is 2.00 bits per heavy atom. The summed E-state index contributed by atoms with van der Waals surface area (Å²) in [7, 11) is 0. The Morgan fingerprint density at radius 2 is 1.80 bits per heavy atom. The van der Waals surface area contributed by atoms with Crippen LogP contribution in [0.1, 0.15) is 40.0 Å². The molecule has 1 heteroatoms. The van der Waals surface area contributed by atoms with Crippen LogP contribution in [-0.4, -0.2) is 6.04 Å². The second-order valence-corrected chi connectivity index (χ2v) is 4.57. The van der Waals surface area contributed by atoms with Crippen molar-refractivity contribution in [2.45, 2.75) is 46.1 Å². The summed E-state index contributed by atoms with van der Waals surface area (Å²) in [6, 6.07) is 0.472. The first-order chi connectivity index (χ1) is 4.52. The summed E-state index contributed by atoms with van der Waals surface area (Å²) in [5.41, 5.74) is 6.39. The van der Waals surface area contributed by atoms with Crippen molar-refractivity contribution in [1.82, 2.24) is 0 Å². The normalized spacial score (nSPS) is 34.8. The molecule has 1 saturated carbocycles. The highest BCUT2D eigenvalue weighted by atomic mass is 14.7. The molecule has 0 aliphatic heterocycles. The van der Waals surface area contributed by atoms with Crippen molar-refractivity contribution in [3.8, 4) is 0 Å². The molecule has 0 spiro atoms. The van der Waals surface area contributed by atoms with Crippen molar-refractivity contribution in [2.75, 3.05) is 0 Å². The van der Waals surface area contributed by atoms with Gasteiger partial charge in [-0.15, -0.1) is 0 Å². The Labute approximate surface area is 64.0 Å². The van der Waals surface area contributed by atoms with E-state index >= 15 is 0 Å². The van der Waals surface area contributed by atoms with E-state index in [9.17, 15) is 0 Å². The van der Waals surface area contributed by atoms with Gasteiger partial charge in [0.2, 0.25) is 0 Å². The lowest BCUT2D eigenvalue weighted by Gasteiger charge is -2.30. The number of hydrogen-bond donors (Lipinski definition) is 1. The third-order valence-corrected chi connectivity index (χ3v) is 2.68. The third-order valence-electron chi connectivity index (χ3n) is 2.68. The fraction of sp³-hybridized carbons (Fsp3) is 1.00. The molecule has 1 nitrogen and oxygen atoms in total. The van der Waals surface area contributed by atoms with E-state index in [2.05, 4.69) is 20.8 Å². The molecule has 60 valence electrons. The van der Waals surface area contributed by atoms with Gasteiger partial charge in [-0.3, -0.25) is 0 Å². The smallest absolute Gasteiger partial charge is 0.00721 e. The fourth-order valence-electron chi connectivity index (χ4n) is 2.06. The van der Waals surface area contributed by atoms with Gasteiger partial charge in [0.1, 0.15) is 0 Å². The summed E-state index contributed by atoms with van der Waals surface area (Å²) in [5.74, 6) is 0.757. The second-order valence-electron chi connectivity index (χ2n) is 4.57. The highest BCUT2D eigenvalue weighted by molar-refractivity contribution is 4.87. The van der Waals surface area contributed by atoms with Gasteiger partial charge in [0.25, 0.3) is 0 Å². The number of rotatable bonds is 0. The van der Waals surface area contributed by atoms with Crippen LogP contribution in [-0.2, 0) is 0 Å². The molecule has 2 atom stereocenters. The molecule has 1 aliphatic carbocycles. The molecular weight excluding hydrogens is 122 g/mol. The average Bonchev–Trinajstić information content (AvgIpc) is 2.11. The average molecular weight is 141 g/mol. The predicted molar refractivity (Wildman–Crippen MR) is 44.8 cm³/mol. The lowest BCUT2D eigenvalue weighted by Crippen LogP contribution is -2.33. The molecule has 0 aromatic heterocycles. The summed E-state index contributed by atoms with van der Waals surface area (Å²) in [6.45, 7) is 6.88. The van der Waals surface area contributed by atoms with E-state index in [-0.39, 0.29) is 0 Å². The molecule has 0 saturated heterocycles. The Kier molecular flexibility index (Phi) is 2.04. The van der Waals surface area contributed by atoms with Gasteiger partial charge in [-0.25, -0.2) is 0 Å². The van der Waals surface area contributed by atoms with Crippen LogP contribution in [0.25, 0.3) is 0 Å². The predicted octanol–water partition coefficient (Wildman–Crippen LogP) is 2.16. The first-order valence-electron chi connectivity index (χ1n) is 4.27. The topological polar surface area (TPSA) is 26.0 Å². The molecule has 1 aliphatic rings. The molecular formula is C9H19N. The van der Waals surface area contributed by atoms with Crippen molar-refractivity contribution in [3.63, 3.8) is 0 Å². The van der Waals surface area contributed by atoms with Crippen LogP contribution in [0.15, 0.2) is 0 Å². The van der Waals surface area contributed by atoms with Crippen LogP contribution >= 0.6 is 0 Å². The molecule has 2 N–H and O–H groups in total. The molecule has 0 aromatic carbocycles. The lowest BCUT2D eigenvalue weighted by atomic mass is 9.78. The minimum Gasteiger partial charge on any atom is -0.327 e. The lowest BCUT2D eigenvalue weighted by molar-refractivity contribution is 0.224. The highest BCUT2D eigenvalue weighted by Gasteiger charge is 2.33. The minimum atomic E-state index is 0.427. The molecule has 0 amide bonds. The molecule has 10 heavy (non-hydrogen) atoms. The second kappa shape index (κ2) is 2.54. The summed E-state index contributed by atoms with van der Waals surface area (Å²) < 4.78 is 0. The van der Waals surface area contributed by atoms with Gasteiger partial charge in [0.15, 0.2) is 0 Å². The summed E-state index contributed by atoms with van der Waals surface area (Å²) in [6.07, 6.45) is 3.91. The molecule has 0 bridgehead atoms. The van der Waals surface area contributed by atoms with Crippen LogP contribution in [0.4, 0.5) is 0 Å². The van der Waals surface area contributed by atoms with Crippen LogP contribution in [0.2, 0.25) is 0 Å². The van der Waals surface area contributed by atoms with E-state index in [0.717, 1.165) is 5.92 Å². The van der Waals surface area contributed by atoms with Crippen molar-refractivity contribution in [1.29, 1.82) is 0 Å². The first kappa shape index (κ1) is 8.06. The maximum absolute atomic E-state index is 5.97. The highest BCUT2D eigenvalue weighted by Crippen LogP contribution is 2.38. The Balaban J connectivity index is 2.55. The quantitative estimate of drug-likeness (QED) is 0.549. The van der Waals surface area contributed by atoms with Gasteiger partial charge in [-0.05, 0) is 24.2 Å². The Bertz CT molecular complexity index is 112. The van der Waals surface area contributed by atoms with Gasteiger partial charge in [0.05, 0.1) is 0 Å². The van der Waals surface area contributed by atoms with Crippen LogP contribution < -0.4 is 5.73 Å².